The van der Waals surface area contributed by atoms with Gasteiger partial charge in [0, 0.05) is 24.3 Å². The quantitative estimate of drug-likeness (QED) is 0.139. The Hall–Kier alpha value is -2.55. The molecule has 35 heavy (non-hydrogen) atoms. The topological polar surface area (TPSA) is 63.6 Å². The fraction of sp³-hybridized carbons (Fsp3) is 0.467. The summed E-state index contributed by atoms with van der Waals surface area (Å²) in [5.74, 6) is 6.87. The van der Waals surface area contributed by atoms with Crippen molar-refractivity contribution in [1.29, 1.82) is 0 Å². The Bertz CT molecular complexity index is 990. The van der Waals surface area contributed by atoms with Gasteiger partial charge in [0.2, 0.25) is 0 Å². The molecule has 2 atom stereocenters. The number of carbonyl (C=O) groups excluding carboxylic acids is 2. The zero-order valence-corrected chi connectivity index (χ0v) is 21.4. The number of aryl methyl sites for hydroxylation is 1. The van der Waals surface area contributed by atoms with Gasteiger partial charge in [-0.05, 0) is 55.4 Å². The first kappa shape index (κ1) is 27.0. The summed E-state index contributed by atoms with van der Waals surface area (Å²) in [4.78, 5) is 25.1. The summed E-state index contributed by atoms with van der Waals surface area (Å²) in [5, 5.41) is 10.6. The van der Waals surface area contributed by atoms with Crippen LogP contribution in [0.4, 0.5) is 0 Å². The zero-order valence-electron chi connectivity index (χ0n) is 20.6. The molecule has 0 saturated heterocycles. The van der Waals surface area contributed by atoms with Crippen LogP contribution in [0.5, 0.6) is 0 Å². The summed E-state index contributed by atoms with van der Waals surface area (Å²) >= 11 is 1.61. The molecule has 0 aliphatic heterocycles. The lowest BCUT2D eigenvalue weighted by atomic mass is 9.96. The van der Waals surface area contributed by atoms with Gasteiger partial charge in [0.25, 0.3) is 0 Å². The van der Waals surface area contributed by atoms with E-state index in [0.717, 1.165) is 36.3 Å². The van der Waals surface area contributed by atoms with E-state index in [4.69, 9.17) is 0 Å². The maximum Gasteiger partial charge on any atom is 0.305 e. The normalized spacial score (nSPS) is 20.2. The monoisotopic (exact) mass is 492 g/mol. The van der Waals surface area contributed by atoms with E-state index in [2.05, 4.69) is 40.8 Å². The number of unbranched alkanes of at least 4 members (excludes halogenated alkanes) is 1. The summed E-state index contributed by atoms with van der Waals surface area (Å²) in [6, 6.07) is 10.4. The Morgan fingerprint density at radius 1 is 1.23 bits per heavy atom. The minimum Gasteiger partial charge on any atom is -0.469 e. The number of Topliss-reactive ketones (excluding diaryl/α,β-unsaturated/α-hetero) is 1. The number of hydrogen-bond donors (Lipinski definition) is 1. The average Bonchev–Trinajstić information content (AvgIpc) is 3.52. The van der Waals surface area contributed by atoms with E-state index in [1.807, 2.05) is 24.3 Å². The van der Waals surface area contributed by atoms with E-state index < -0.39 is 6.10 Å². The molecule has 2 unspecified atom stereocenters. The second kappa shape index (κ2) is 14.8. The van der Waals surface area contributed by atoms with Crippen LogP contribution in [-0.4, -0.2) is 35.8 Å². The standard InChI is InChI=1S/C30H36O4S/c1-34-29(32)18-8-3-2-7-17-26-25(19-20-27(31)24-15-9-10-16-24)22-28(30(26)33)35-21-11-14-23-12-5-4-6-13-23/h4-6,12-13,17,19-20,22,24-25,27,31H,3,8-11,14-16,18,21H2,1H3/b20-19+,26-17-. The molecule has 1 saturated carbocycles. The number of allylic oxidation sites excluding steroid dienone is 5. The van der Waals surface area contributed by atoms with Crippen LogP contribution in [0.1, 0.15) is 56.9 Å². The highest BCUT2D eigenvalue weighted by molar-refractivity contribution is 8.04. The van der Waals surface area contributed by atoms with Crippen LogP contribution in [0.15, 0.2) is 65.1 Å². The number of thioether (sulfide) groups is 1. The third kappa shape index (κ3) is 8.87. The molecule has 5 heteroatoms. The molecule has 1 N–H and O–H groups in total. The predicted octanol–water partition coefficient (Wildman–Crippen LogP) is 5.82. The Morgan fingerprint density at radius 2 is 2.00 bits per heavy atom. The number of aliphatic hydroxyl groups is 1. The van der Waals surface area contributed by atoms with Crippen molar-refractivity contribution in [3.05, 3.63) is 70.7 Å². The molecular weight excluding hydrogens is 456 g/mol. The first-order chi connectivity index (χ1) is 17.1. The van der Waals surface area contributed by atoms with Crippen LogP contribution < -0.4 is 0 Å². The molecule has 0 bridgehead atoms. The van der Waals surface area contributed by atoms with Crippen molar-refractivity contribution in [1.82, 2.24) is 0 Å². The number of ketones is 1. The van der Waals surface area contributed by atoms with Gasteiger partial charge >= 0.3 is 5.97 Å². The Kier molecular flexibility index (Phi) is 11.4. The lowest BCUT2D eigenvalue weighted by molar-refractivity contribution is -0.140. The van der Waals surface area contributed by atoms with Crippen LogP contribution in [0.2, 0.25) is 0 Å². The number of hydrogen-bond acceptors (Lipinski definition) is 5. The molecule has 1 aromatic rings. The third-order valence-electron chi connectivity index (χ3n) is 6.52. The molecule has 0 heterocycles. The smallest absolute Gasteiger partial charge is 0.305 e. The van der Waals surface area contributed by atoms with E-state index in [9.17, 15) is 14.7 Å². The molecule has 186 valence electrons. The fourth-order valence-corrected chi connectivity index (χ4v) is 5.47. The van der Waals surface area contributed by atoms with Gasteiger partial charge in [-0.15, -0.1) is 11.8 Å². The second-order valence-corrected chi connectivity index (χ2v) is 10.2. The van der Waals surface area contributed by atoms with E-state index >= 15 is 0 Å². The van der Waals surface area contributed by atoms with E-state index in [1.54, 1.807) is 17.8 Å². The van der Waals surface area contributed by atoms with Crippen molar-refractivity contribution >= 4 is 23.5 Å². The lowest BCUT2D eigenvalue weighted by Gasteiger charge is -2.14. The van der Waals surface area contributed by atoms with Gasteiger partial charge in [-0.3, -0.25) is 9.59 Å². The minimum atomic E-state index is -0.464. The molecule has 2 aliphatic rings. The first-order valence-corrected chi connectivity index (χ1v) is 13.6. The minimum absolute atomic E-state index is 0.0311. The van der Waals surface area contributed by atoms with Crippen LogP contribution in [-0.2, 0) is 20.7 Å². The van der Waals surface area contributed by atoms with E-state index in [0.29, 0.717) is 30.8 Å². The molecule has 0 amide bonds. The summed E-state index contributed by atoms with van der Waals surface area (Å²) in [6.07, 6.45) is 15.1. The number of benzene rings is 1. The van der Waals surface area contributed by atoms with Crippen LogP contribution >= 0.6 is 11.8 Å². The Labute approximate surface area is 213 Å². The molecule has 1 fully saturated rings. The number of rotatable bonds is 11. The summed E-state index contributed by atoms with van der Waals surface area (Å²) in [6.45, 7) is 0. The van der Waals surface area contributed by atoms with Crippen molar-refractivity contribution in [2.75, 3.05) is 12.9 Å². The lowest BCUT2D eigenvalue weighted by Crippen LogP contribution is -2.14. The SMILES string of the molecule is COC(=O)CCCC#C/C=C1\C(=O)C(SCCCc2ccccc2)=CC1/C=C/C(O)C1CCCC1. The summed E-state index contributed by atoms with van der Waals surface area (Å²) < 4.78 is 4.65. The van der Waals surface area contributed by atoms with Gasteiger partial charge in [-0.1, -0.05) is 73.2 Å². The van der Waals surface area contributed by atoms with Crippen molar-refractivity contribution in [3.63, 3.8) is 0 Å². The second-order valence-electron chi connectivity index (χ2n) is 9.09. The van der Waals surface area contributed by atoms with Gasteiger partial charge in [0.05, 0.1) is 18.1 Å². The number of aliphatic hydroxyl groups excluding tert-OH is 1. The maximum absolute atomic E-state index is 13.1. The summed E-state index contributed by atoms with van der Waals surface area (Å²) in [7, 11) is 1.38. The molecular formula is C30H36O4S. The largest absolute Gasteiger partial charge is 0.469 e. The third-order valence-corrected chi connectivity index (χ3v) is 7.65. The number of carbonyl (C=O) groups is 2. The maximum atomic E-state index is 13.1. The van der Waals surface area contributed by atoms with Gasteiger partial charge in [0.1, 0.15) is 0 Å². The van der Waals surface area contributed by atoms with Crippen LogP contribution in [0.25, 0.3) is 0 Å². The summed E-state index contributed by atoms with van der Waals surface area (Å²) in [5.41, 5.74) is 1.97. The van der Waals surface area contributed by atoms with Crippen LogP contribution in [0, 0.1) is 23.7 Å². The molecule has 2 aliphatic carbocycles. The van der Waals surface area contributed by atoms with Crippen molar-refractivity contribution in [3.8, 4) is 11.8 Å². The van der Waals surface area contributed by atoms with E-state index in [1.165, 1.54) is 25.5 Å². The van der Waals surface area contributed by atoms with Crippen LogP contribution in [0.3, 0.4) is 0 Å². The molecule has 3 rings (SSSR count). The number of esters is 1. The first-order valence-electron chi connectivity index (χ1n) is 12.6. The highest BCUT2D eigenvalue weighted by atomic mass is 32.2. The van der Waals surface area contributed by atoms with Crippen molar-refractivity contribution in [2.45, 2.75) is 63.9 Å². The Balaban J connectivity index is 1.61. The van der Waals surface area contributed by atoms with Crippen molar-refractivity contribution in [2.24, 2.45) is 11.8 Å². The molecule has 4 nitrogen and oxygen atoms in total. The van der Waals surface area contributed by atoms with Crippen molar-refractivity contribution < 1.29 is 19.4 Å². The van der Waals surface area contributed by atoms with Gasteiger partial charge in [-0.2, -0.15) is 0 Å². The van der Waals surface area contributed by atoms with Gasteiger partial charge < -0.3 is 9.84 Å². The average molecular weight is 493 g/mol. The highest BCUT2D eigenvalue weighted by Gasteiger charge is 2.29. The molecule has 0 aromatic heterocycles. The molecule has 0 spiro atoms. The predicted molar refractivity (Wildman–Crippen MR) is 143 cm³/mol. The van der Waals surface area contributed by atoms with Gasteiger partial charge in [-0.25, -0.2) is 0 Å². The number of methoxy groups -OCH3 is 1. The van der Waals surface area contributed by atoms with Gasteiger partial charge in [0.15, 0.2) is 5.78 Å². The highest BCUT2D eigenvalue weighted by Crippen LogP contribution is 2.35. The fourth-order valence-electron chi connectivity index (χ4n) is 4.47. The Morgan fingerprint density at radius 3 is 2.74 bits per heavy atom. The van der Waals surface area contributed by atoms with E-state index in [-0.39, 0.29) is 17.7 Å². The molecule has 1 aromatic carbocycles. The zero-order chi connectivity index (χ0) is 24.9. The number of ether oxygens (including phenoxy) is 1. The molecule has 0 radical (unpaired) electrons.